The van der Waals surface area contributed by atoms with Gasteiger partial charge in [0.2, 0.25) is 5.79 Å². The summed E-state index contributed by atoms with van der Waals surface area (Å²) < 4.78 is 18.8. The minimum Gasteiger partial charge on any atom is -0.459 e. The van der Waals surface area contributed by atoms with Crippen LogP contribution < -0.4 is 0 Å². The van der Waals surface area contributed by atoms with Crippen LogP contribution in [0.2, 0.25) is 0 Å². The Kier molecular flexibility index (Phi) is 5.04. The van der Waals surface area contributed by atoms with E-state index >= 15 is 0 Å². The summed E-state index contributed by atoms with van der Waals surface area (Å²) in [7, 11) is 0. The van der Waals surface area contributed by atoms with Crippen molar-refractivity contribution in [1.82, 2.24) is 0 Å². The highest BCUT2D eigenvalue weighted by Crippen LogP contribution is 2.74. The van der Waals surface area contributed by atoms with Crippen LogP contribution in [0.1, 0.15) is 99.3 Å². The largest absolute Gasteiger partial charge is 0.459 e. The number of hydrogen-bond acceptors (Lipinski definition) is 7. The molecule has 12 unspecified atom stereocenters. The number of carbonyl (C=O) groups excluding carboxylic acids is 2. The van der Waals surface area contributed by atoms with Crippen molar-refractivity contribution in [1.29, 1.82) is 0 Å². The van der Waals surface area contributed by atoms with Crippen LogP contribution in [0.4, 0.5) is 0 Å². The number of cyclic esters (lactones) is 1. The van der Waals surface area contributed by atoms with Crippen LogP contribution in [0, 0.1) is 46.3 Å². The lowest BCUT2D eigenvalue weighted by Crippen LogP contribution is -2.61. The Bertz CT molecular complexity index is 1030. The molecule has 7 nitrogen and oxygen atoms in total. The summed E-state index contributed by atoms with van der Waals surface area (Å²) in [5.41, 5.74) is -0.726. The Morgan fingerprint density at radius 3 is 2.35 bits per heavy atom. The highest BCUT2D eigenvalue weighted by atomic mass is 17.2. The Labute approximate surface area is 220 Å². The Morgan fingerprint density at radius 2 is 1.62 bits per heavy atom. The van der Waals surface area contributed by atoms with Crippen LogP contribution in [0.3, 0.4) is 0 Å². The number of fused-ring (bicyclic) bond motifs is 4. The molecule has 2 bridgehead atoms. The van der Waals surface area contributed by atoms with E-state index in [0.717, 1.165) is 44.9 Å². The minimum absolute atomic E-state index is 0.00910. The van der Waals surface area contributed by atoms with E-state index in [4.69, 9.17) is 24.0 Å². The maximum Gasteiger partial charge on any atom is 0.311 e. The molecule has 4 saturated heterocycles. The molecule has 2 spiro atoms. The van der Waals surface area contributed by atoms with E-state index in [2.05, 4.69) is 34.6 Å². The molecule has 7 heteroatoms. The summed E-state index contributed by atoms with van der Waals surface area (Å²) in [6.45, 7) is 13.5. The standard InChI is InChI=1S/C30H44O7/c1-16-12-30(13-17(2)25(32)35-30)33-21-15-28(6)22-8-7-19-18-14-29(22,10-9-27(28,5)24(16)21)37-36-20(18)11-23(31)34-26(19,3)4/h16-22,24H,7-15H2,1-6H3. The average molecular weight is 517 g/mol. The molecule has 0 aromatic carbocycles. The van der Waals surface area contributed by atoms with Gasteiger partial charge in [0, 0.05) is 18.8 Å². The number of carbonyl (C=O) groups is 2. The molecule has 7 aliphatic rings. The first-order valence-electron chi connectivity index (χ1n) is 14.8. The Hall–Kier alpha value is -1.18. The van der Waals surface area contributed by atoms with Crippen molar-refractivity contribution in [2.24, 2.45) is 46.3 Å². The molecule has 3 saturated carbocycles. The van der Waals surface area contributed by atoms with E-state index in [9.17, 15) is 9.59 Å². The van der Waals surface area contributed by atoms with Crippen LogP contribution >= 0.6 is 0 Å². The number of rotatable bonds is 0. The van der Waals surface area contributed by atoms with Crippen molar-refractivity contribution in [3.05, 3.63) is 0 Å². The zero-order chi connectivity index (χ0) is 26.2. The third-order valence-electron chi connectivity index (χ3n) is 12.8. The highest BCUT2D eigenvalue weighted by molar-refractivity contribution is 5.74. The van der Waals surface area contributed by atoms with Gasteiger partial charge in [0.15, 0.2) is 0 Å². The lowest BCUT2D eigenvalue weighted by molar-refractivity contribution is -0.445. The second-order valence-electron chi connectivity index (χ2n) is 15.0. The quantitative estimate of drug-likeness (QED) is 0.317. The van der Waals surface area contributed by atoms with Gasteiger partial charge in [-0.1, -0.05) is 27.7 Å². The van der Waals surface area contributed by atoms with Gasteiger partial charge in [0.25, 0.3) is 0 Å². The van der Waals surface area contributed by atoms with Gasteiger partial charge in [-0.2, -0.15) is 0 Å². The van der Waals surface area contributed by atoms with E-state index in [1.165, 1.54) is 0 Å². The van der Waals surface area contributed by atoms with Gasteiger partial charge >= 0.3 is 11.9 Å². The summed E-state index contributed by atoms with van der Waals surface area (Å²) in [6.07, 6.45) is 7.56. The average Bonchev–Trinajstić information content (AvgIpc) is 3.07. The molecule has 0 radical (unpaired) electrons. The van der Waals surface area contributed by atoms with Crippen molar-refractivity contribution in [2.45, 2.75) is 129 Å². The number of esters is 2. The van der Waals surface area contributed by atoms with Crippen molar-refractivity contribution < 1.29 is 33.6 Å². The van der Waals surface area contributed by atoms with E-state index < -0.39 is 11.4 Å². The van der Waals surface area contributed by atoms with E-state index in [0.29, 0.717) is 24.2 Å². The van der Waals surface area contributed by atoms with Gasteiger partial charge in [0.1, 0.15) is 17.3 Å². The predicted octanol–water partition coefficient (Wildman–Crippen LogP) is 5.34. The summed E-state index contributed by atoms with van der Waals surface area (Å²) in [5.74, 6) is 0.544. The monoisotopic (exact) mass is 516 g/mol. The van der Waals surface area contributed by atoms with E-state index in [-0.39, 0.29) is 64.8 Å². The summed E-state index contributed by atoms with van der Waals surface area (Å²) >= 11 is 0. The van der Waals surface area contributed by atoms with E-state index in [1.807, 2.05) is 6.92 Å². The zero-order valence-electron chi connectivity index (χ0n) is 23.3. The SMILES string of the molecule is CC1CC2(CC(C)C3C(CC4(C)C5CCC6C7CC5(CCC34C)OOC7CC(=O)OC6(C)C)O2)OC1=O. The highest BCUT2D eigenvalue weighted by Gasteiger charge is 2.73. The molecule has 0 aromatic rings. The molecule has 3 aliphatic carbocycles. The second kappa shape index (κ2) is 7.51. The lowest BCUT2D eigenvalue weighted by Gasteiger charge is -2.61. The topological polar surface area (TPSA) is 80.3 Å². The van der Waals surface area contributed by atoms with Gasteiger partial charge in [-0.25, -0.2) is 9.78 Å². The molecule has 4 heterocycles. The third-order valence-corrected chi connectivity index (χ3v) is 12.8. The molecule has 0 aromatic heterocycles. The smallest absolute Gasteiger partial charge is 0.311 e. The maximum absolute atomic E-state index is 12.6. The van der Waals surface area contributed by atoms with Crippen molar-refractivity contribution >= 4 is 11.9 Å². The fourth-order valence-electron chi connectivity index (χ4n) is 11.2. The maximum atomic E-state index is 12.6. The summed E-state index contributed by atoms with van der Waals surface area (Å²) in [5, 5.41) is 0. The summed E-state index contributed by atoms with van der Waals surface area (Å²) in [6, 6.07) is 0. The molecule has 0 N–H and O–H groups in total. The Morgan fingerprint density at radius 1 is 0.838 bits per heavy atom. The molecular formula is C30H44O7. The fourth-order valence-corrected chi connectivity index (χ4v) is 11.2. The van der Waals surface area contributed by atoms with E-state index in [1.54, 1.807) is 0 Å². The van der Waals surface area contributed by atoms with Crippen molar-refractivity contribution in [2.75, 3.05) is 0 Å². The molecule has 4 aliphatic heterocycles. The fraction of sp³-hybridized carbons (Fsp3) is 0.933. The molecule has 0 amide bonds. The van der Waals surface area contributed by atoms with Gasteiger partial charge in [0.05, 0.1) is 18.4 Å². The van der Waals surface area contributed by atoms with Crippen LogP contribution in [-0.2, 0) is 33.6 Å². The number of ether oxygens (including phenoxy) is 3. The zero-order valence-corrected chi connectivity index (χ0v) is 23.3. The minimum atomic E-state index is -0.753. The molecular weight excluding hydrogens is 472 g/mol. The van der Waals surface area contributed by atoms with Gasteiger partial charge in [-0.05, 0) is 86.9 Å². The summed E-state index contributed by atoms with van der Waals surface area (Å²) in [4.78, 5) is 37.6. The first kappa shape index (κ1) is 24.8. The van der Waals surface area contributed by atoms with Gasteiger partial charge < -0.3 is 14.2 Å². The molecule has 12 atom stereocenters. The van der Waals surface area contributed by atoms with Crippen LogP contribution in [0.15, 0.2) is 0 Å². The van der Waals surface area contributed by atoms with Crippen LogP contribution in [0.25, 0.3) is 0 Å². The first-order valence-corrected chi connectivity index (χ1v) is 14.8. The Balaban J connectivity index is 1.25. The third kappa shape index (κ3) is 3.17. The van der Waals surface area contributed by atoms with Crippen molar-refractivity contribution in [3.8, 4) is 0 Å². The molecule has 37 heavy (non-hydrogen) atoms. The van der Waals surface area contributed by atoms with Gasteiger partial charge in [-0.15, -0.1) is 0 Å². The predicted molar refractivity (Wildman–Crippen MR) is 133 cm³/mol. The lowest BCUT2D eigenvalue weighted by atomic mass is 9.46. The van der Waals surface area contributed by atoms with Gasteiger partial charge in [-0.3, -0.25) is 9.59 Å². The molecule has 7 rings (SSSR count). The first-order chi connectivity index (χ1) is 17.3. The molecule has 206 valence electrons. The molecule has 7 fully saturated rings. The van der Waals surface area contributed by atoms with Crippen LogP contribution in [0.5, 0.6) is 0 Å². The number of hydrogen-bond donors (Lipinski definition) is 0. The van der Waals surface area contributed by atoms with Crippen LogP contribution in [-0.4, -0.2) is 41.1 Å². The second-order valence-corrected chi connectivity index (χ2v) is 15.0. The normalized spacial score (nSPS) is 57.9. The van der Waals surface area contributed by atoms with Crippen molar-refractivity contribution in [3.63, 3.8) is 0 Å².